The largest absolute Gasteiger partial charge is 0.492 e. The summed E-state index contributed by atoms with van der Waals surface area (Å²) in [5, 5.41) is 3.16. The number of halogens is 1. The van der Waals surface area contributed by atoms with Crippen LogP contribution in [0.4, 0.5) is 0 Å². The molecule has 0 saturated carbocycles. The number of ether oxygens (including phenoxy) is 2. The minimum Gasteiger partial charge on any atom is -0.492 e. The first-order valence-corrected chi connectivity index (χ1v) is 6.92. The summed E-state index contributed by atoms with van der Waals surface area (Å²) in [5.74, 6) is 0.891. The molecule has 0 radical (unpaired) electrons. The summed E-state index contributed by atoms with van der Waals surface area (Å²) in [6, 6.07) is 7.66. The van der Waals surface area contributed by atoms with E-state index in [0.717, 1.165) is 17.9 Å². The Morgan fingerprint density at radius 1 is 1.52 bits per heavy atom. The number of carbonyl (C=O) groups is 1. The van der Waals surface area contributed by atoms with E-state index in [1.165, 1.54) is 0 Å². The number of nitrogens with zero attached hydrogens (tertiary/aromatic N) is 1. The first kappa shape index (κ1) is 17.8. The van der Waals surface area contributed by atoms with Gasteiger partial charge in [-0.3, -0.25) is 4.79 Å². The Morgan fingerprint density at radius 3 is 3.00 bits per heavy atom. The summed E-state index contributed by atoms with van der Waals surface area (Å²) in [6.45, 7) is 4.91. The summed E-state index contributed by atoms with van der Waals surface area (Å²) >= 11 is 0. The predicted molar refractivity (Wildman–Crippen MR) is 84.2 cm³/mol. The van der Waals surface area contributed by atoms with Crippen LogP contribution in [0.25, 0.3) is 0 Å². The zero-order valence-corrected chi connectivity index (χ0v) is 13.3. The van der Waals surface area contributed by atoms with Crippen molar-refractivity contribution in [1.82, 2.24) is 10.2 Å². The second kappa shape index (κ2) is 8.87. The van der Waals surface area contributed by atoms with Crippen molar-refractivity contribution < 1.29 is 14.3 Å². The Hall–Kier alpha value is -1.30. The minimum absolute atomic E-state index is 0. The number of hydrogen-bond donors (Lipinski definition) is 1. The van der Waals surface area contributed by atoms with Crippen molar-refractivity contribution in [2.75, 3.05) is 40.0 Å². The molecular formula is C15H23ClN2O3. The quantitative estimate of drug-likeness (QED) is 0.888. The van der Waals surface area contributed by atoms with Gasteiger partial charge in [0.1, 0.15) is 18.4 Å². The lowest BCUT2D eigenvalue weighted by molar-refractivity contribution is -0.135. The van der Waals surface area contributed by atoms with Crippen LogP contribution in [0.5, 0.6) is 5.75 Å². The molecule has 0 bridgehead atoms. The van der Waals surface area contributed by atoms with Crippen molar-refractivity contribution in [3.8, 4) is 5.75 Å². The molecule has 1 heterocycles. The molecule has 1 fully saturated rings. The summed E-state index contributed by atoms with van der Waals surface area (Å²) in [5.41, 5.74) is 1.16. The number of hydrogen-bond acceptors (Lipinski definition) is 4. The van der Waals surface area contributed by atoms with E-state index in [0.29, 0.717) is 26.4 Å². The van der Waals surface area contributed by atoms with Gasteiger partial charge in [0, 0.05) is 13.6 Å². The van der Waals surface area contributed by atoms with Crippen LogP contribution in [0.1, 0.15) is 5.56 Å². The van der Waals surface area contributed by atoms with Crippen LogP contribution < -0.4 is 10.1 Å². The molecule has 0 aromatic heterocycles. The van der Waals surface area contributed by atoms with E-state index in [9.17, 15) is 4.79 Å². The summed E-state index contributed by atoms with van der Waals surface area (Å²) < 4.78 is 10.9. The van der Waals surface area contributed by atoms with Crippen molar-refractivity contribution in [1.29, 1.82) is 0 Å². The lowest BCUT2D eigenvalue weighted by atomic mass is 10.2. The highest BCUT2D eigenvalue weighted by Gasteiger charge is 2.23. The molecule has 1 aromatic carbocycles. The zero-order chi connectivity index (χ0) is 14.4. The van der Waals surface area contributed by atoms with E-state index in [4.69, 9.17) is 9.47 Å². The van der Waals surface area contributed by atoms with Crippen molar-refractivity contribution in [3.63, 3.8) is 0 Å². The molecule has 5 nitrogen and oxygen atoms in total. The van der Waals surface area contributed by atoms with Gasteiger partial charge in [0.15, 0.2) is 0 Å². The predicted octanol–water partition coefficient (Wildman–Crippen LogP) is 1.24. The van der Waals surface area contributed by atoms with E-state index in [1.807, 2.05) is 31.2 Å². The maximum absolute atomic E-state index is 12.1. The third-order valence-corrected chi connectivity index (χ3v) is 3.28. The highest BCUT2D eigenvalue weighted by atomic mass is 35.5. The van der Waals surface area contributed by atoms with E-state index < -0.39 is 0 Å². The van der Waals surface area contributed by atoms with Gasteiger partial charge in [-0.25, -0.2) is 0 Å². The first-order chi connectivity index (χ1) is 9.66. The van der Waals surface area contributed by atoms with Crippen molar-refractivity contribution in [2.45, 2.75) is 13.0 Å². The molecular weight excluding hydrogens is 292 g/mol. The van der Waals surface area contributed by atoms with Crippen LogP contribution in [-0.4, -0.2) is 56.8 Å². The second-order valence-electron chi connectivity index (χ2n) is 5.01. The maximum Gasteiger partial charge on any atom is 0.241 e. The third kappa shape index (κ3) is 5.53. The molecule has 1 saturated heterocycles. The molecule has 6 heteroatoms. The monoisotopic (exact) mass is 314 g/mol. The first-order valence-electron chi connectivity index (χ1n) is 6.92. The van der Waals surface area contributed by atoms with E-state index in [2.05, 4.69) is 5.32 Å². The molecule has 0 spiro atoms. The highest BCUT2D eigenvalue weighted by Crippen LogP contribution is 2.12. The standard InChI is InChI=1S/C15H22N2O3.ClH/c1-12-4-3-5-13(10-12)20-9-7-17(2)15(18)14-11-19-8-6-16-14;/h3-5,10,14,16H,6-9,11H2,1-2H3;1H. The molecule has 1 aliphatic rings. The van der Waals surface area contributed by atoms with Gasteiger partial charge in [-0.05, 0) is 24.6 Å². The van der Waals surface area contributed by atoms with E-state index >= 15 is 0 Å². The van der Waals surface area contributed by atoms with Gasteiger partial charge in [0.2, 0.25) is 5.91 Å². The second-order valence-corrected chi connectivity index (χ2v) is 5.01. The Balaban J connectivity index is 0.00000220. The van der Waals surface area contributed by atoms with Crippen LogP contribution >= 0.6 is 12.4 Å². The van der Waals surface area contributed by atoms with Crippen molar-refractivity contribution in [2.24, 2.45) is 0 Å². The molecule has 21 heavy (non-hydrogen) atoms. The van der Waals surface area contributed by atoms with Crippen molar-refractivity contribution >= 4 is 18.3 Å². The molecule has 1 aromatic rings. The Kier molecular flexibility index (Phi) is 7.50. The summed E-state index contributed by atoms with van der Waals surface area (Å²) in [4.78, 5) is 13.8. The summed E-state index contributed by atoms with van der Waals surface area (Å²) in [6.07, 6.45) is 0. The SMILES string of the molecule is Cc1cccc(OCCN(C)C(=O)C2COCCN2)c1.Cl. The molecule has 118 valence electrons. The fourth-order valence-electron chi connectivity index (χ4n) is 2.11. The fraction of sp³-hybridized carbons (Fsp3) is 0.533. The van der Waals surface area contributed by atoms with Gasteiger partial charge in [-0.15, -0.1) is 12.4 Å². The number of rotatable bonds is 5. The van der Waals surface area contributed by atoms with Gasteiger partial charge in [-0.1, -0.05) is 12.1 Å². The van der Waals surface area contributed by atoms with Gasteiger partial charge < -0.3 is 19.7 Å². The summed E-state index contributed by atoms with van der Waals surface area (Å²) in [7, 11) is 1.79. The Morgan fingerprint density at radius 2 is 2.33 bits per heavy atom. The number of amides is 1. The molecule has 1 amide bonds. The van der Waals surface area contributed by atoms with Crippen molar-refractivity contribution in [3.05, 3.63) is 29.8 Å². The minimum atomic E-state index is -0.229. The van der Waals surface area contributed by atoms with Crippen LogP contribution in [0, 0.1) is 6.92 Å². The molecule has 1 N–H and O–H groups in total. The van der Waals surface area contributed by atoms with Crippen LogP contribution in [-0.2, 0) is 9.53 Å². The lowest BCUT2D eigenvalue weighted by Crippen LogP contribution is -2.52. The number of aryl methyl sites for hydroxylation is 1. The Labute approximate surface area is 132 Å². The molecule has 1 unspecified atom stereocenters. The third-order valence-electron chi connectivity index (χ3n) is 3.28. The average Bonchev–Trinajstić information content (AvgIpc) is 2.47. The van der Waals surface area contributed by atoms with E-state index in [1.54, 1.807) is 11.9 Å². The van der Waals surface area contributed by atoms with Gasteiger partial charge >= 0.3 is 0 Å². The van der Waals surface area contributed by atoms with E-state index in [-0.39, 0.29) is 24.4 Å². The van der Waals surface area contributed by atoms with Gasteiger partial charge in [0.05, 0.1) is 19.8 Å². The highest BCUT2D eigenvalue weighted by molar-refractivity contribution is 5.85. The van der Waals surface area contributed by atoms with Gasteiger partial charge in [0.25, 0.3) is 0 Å². The maximum atomic E-state index is 12.1. The fourth-order valence-corrected chi connectivity index (χ4v) is 2.11. The Bertz CT molecular complexity index is 450. The molecule has 1 aliphatic heterocycles. The molecule has 1 atom stereocenters. The number of likely N-dealkylation sites (N-methyl/N-ethyl adjacent to an activating group) is 1. The number of nitrogens with one attached hydrogen (secondary N) is 1. The van der Waals surface area contributed by atoms with Crippen LogP contribution in [0.15, 0.2) is 24.3 Å². The molecule has 0 aliphatic carbocycles. The topological polar surface area (TPSA) is 50.8 Å². The van der Waals surface area contributed by atoms with Crippen LogP contribution in [0.3, 0.4) is 0 Å². The normalized spacial score (nSPS) is 17.7. The number of carbonyl (C=O) groups excluding carboxylic acids is 1. The number of morpholine rings is 1. The zero-order valence-electron chi connectivity index (χ0n) is 12.5. The number of benzene rings is 1. The lowest BCUT2D eigenvalue weighted by Gasteiger charge is -2.27. The smallest absolute Gasteiger partial charge is 0.241 e. The van der Waals surface area contributed by atoms with Gasteiger partial charge in [-0.2, -0.15) is 0 Å². The molecule has 2 rings (SSSR count). The van der Waals surface area contributed by atoms with Crippen LogP contribution in [0.2, 0.25) is 0 Å². The average molecular weight is 315 g/mol.